The number of hydrogen-bond donors (Lipinski definition) is 10. The molecule has 0 atom stereocenters. The number of nitrogen functional groups attached to an aromatic ring is 3. The fraction of sp³-hybridized carbons (Fsp3) is 0.528. The van der Waals surface area contributed by atoms with Crippen LogP contribution >= 0.6 is 0 Å². The van der Waals surface area contributed by atoms with E-state index in [9.17, 15) is 45.1 Å². The first-order valence-corrected chi connectivity index (χ1v) is 46.5. The molecule has 5 heterocycles. The molecule has 41 nitrogen and oxygen atoms in total. The number of amides is 4. The monoisotopic (exact) mass is 1880 g/mol. The van der Waals surface area contributed by atoms with Gasteiger partial charge in [-0.3, -0.25) is 28.3 Å². The van der Waals surface area contributed by atoms with Crippen LogP contribution < -0.4 is 62.3 Å². The summed E-state index contributed by atoms with van der Waals surface area (Å²) < 4.78 is 162. The maximum Gasteiger partial charge on any atom is 0.294 e. The molecule has 43 heteroatoms. The minimum absolute atomic E-state index is 0.0101. The standard InChI is InChI=1S/C89H125N15O26S2/c1-88(2)69-57-67(131(109,110)111)17-19-71(69)103(27-21-78(106)94-25-24-93-77(105)12-7-8-29-129-82-73(115-5)55-65(56-74(82)116-6)54-66-60-97-86(91)100-83(66)90)75(88)10-9-11-76-89(3,4)70-58-68(132(112,113)114)18-20-72(70)104(76)28-22-79(107)95-26-31-118-33-35-120-37-39-122-41-43-124-45-47-126-49-51-128-53-52-127-50-48-125-46-44-123-42-40-121-38-36-119-34-32-117-30-23-80(108)96-59-63-13-15-64(16-14-63)61-130-85-81-84(99-62-98-81)101-87(92)102-85/h9-11,13-20,55-58,60,62H,7-8,12,21-54,59,61H2,1-6H3,(H12-,90,91,92,93,94,95,96,97,98,99,100,101,102,105,106,107,108,109,110,111,112,113,114)/p+1. The van der Waals surface area contributed by atoms with E-state index in [0.29, 0.717) is 238 Å². The number of fused-ring (bicyclic) bond motifs is 3. The van der Waals surface area contributed by atoms with E-state index in [4.69, 9.17) is 93.0 Å². The highest BCUT2D eigenvalue weighted by Crippen LogP contribution is 2.49. The Labute approximate surface area is 769 Å². The third-order valence-electron chi connectivity index (χ3n) is 20.9. The topological polar surface area (TPSA) is 537 Å². The van der Waals surface area contributed by atoms with E-state index in [0.717, 1.165) is 16.7 Å². The van der Waals surface area contributed by atoms with Gasteiger partial charge in [0.15, 0.2) is 29.4 Å². The highest BCUT2D eigenvalue weighted by Gasteiger charge is 2.46. The maximum atomic E-state index is 13.5. The van der Waals surface area contributed by atoms with Crippen molar-refractivity contribution in [2.75, 3.05) is 234 Å². The molecule has 0 unspecified atom stereocenters. The van der Waals surface area contributed by atoms with Crippen molar-refractivity contribution in [2.24, 2.45) is 0 Å². The molecule has 724 valence electrons. The van der Waals surface area contributed by atoms with Gasteiger partial charge in [-0.15, -0.1) is 0 Å². The smallest absolute Gasteiger partial charge is 0.294 e. The van der Waals surface area contributed by atoms with Crippen LogP contribution in [0.15, 0.2) is 119 Å². The Morgan fingerprint density at radius 3 is 1.53 bits per heavy atom. The first-order valence-electron chi connectivity index (χ1n) is 43.6. The highest BCUT2D eigenvalue weighted by molar-refractivity contribution is 7.86. The van der Waals surface area contributed by atoms with Gasteiger partial charge < -0.3 is 124 Å². The van der Waals surface area contributed by atoms with Crippen molar-refractivity contribution in [3.05, 3.63) is 143 Å². The molecule has 0 saturated heterocycles. The molecule has 0 saturated carbocycles. The van der Waals surface area contributed by atoms with Crippen molar-refractivity contribution >= 4 is 89.8 Å². The number of nitrogens with zero attached hydrogens (tertiary/aromatic N) is 7. The second-order valence-corrected chi connectivity index (χ2v) is 34.0. The summed E-state index contributed by atoms with van der Waals surface area (Å²) >= 11 is 0. The zero-order valence-electron chi connectivity index (χ0n) is 75.8. The number of aromatic nitrogens is 6. The number of allylic oxidation sites excluding steroid dienone is 4. The Morgan fingerprint density at radius 1 is 0.500 bits per heavy atom. The summed E-state index contributed by atoms with van der Waals surface area (Å²) in [4.78, 5) is 76.7. The molecule has 4 amide bonds. The quantitative estimate of drug-likeness (QED) is 0.0128. The number of nitrogens with one attached hydrogen (secondary N) is 5. The van der Waals surface area contributed by atoms with Gasteiger partial charge in [0.2, 0.25) is 52.8 Å². The number of methoxy groups -OCH3 is 2. The van der Waals surface area contributed by atoms with Crippen molar-refractivity contribution in [1.29, 1.82) is 0 Å². The van der Waals surface area contributed by atoms with Crippen molar-refractivity contribution < 1.29 is 125 Å². The number of unbranched alkanes of at least 4 members (excludes halogenated alkanes) is 1. The predicted molar refractivity (Wildman–Crippen MR) is 487 cm³/mol. The van der Waals surface area contributed by atoms with E-state index in [1.807, 2.05) is 73.6 Å². The molecule has 0 aliphatic carbocycles. The van der Waals surface area contributed by atoms with Gasteiger partial charge in [0.1, 0.15) is 17.9 Å². The molecule has 0 radical (unpaired) electrons. The minimum Gasteiger partial charge on any atom is -0.493 e. The summed E-state index contributed by atoms with van der Waals surface area (Å²) in [7, 11) is -6.17. The van der Waals surface area contributed by atoms with E-state index in [1.165, 1.54) is 44.8 Å². The molecule has 13 N–H and O–H groups in total. The van der Waals surface area contributed by atoms with Crippen LogP contribution in [0.1, 0.15) is 99.6 Å². The van der Waals surface area contributed by atoms with Gasteiger partial charge in [-0.25, -0.2) is 9.97 Å². The summed E-state index contributed by atoms with van der Waals surface area (Å²) in [6, 6.07) is 19.9. The average molecular weight is 1890 g/mol. The molecule has 7 aromatic rings. The van der Waals surface area contributed by atoms with Crippen molar-refractivity contribution in [2.45, 2.75) is 106 Å². The molecule has 0 spiro atoms. The number of nitrogens with two attached hydrogens (primary N) is 3. The van der Waals surface area contributed by atoms with Crippen molar-refractivity contribution in [3.8, 4) is 23.1 Å². The number of hydrogen-bond acceptors (Lipinski definition) is 33. The minimum atomic E-state index is -4.61. The second kappa shape index (κ2) is 55.1. The second-order valence-electron chi connectivity index (χ2n) is 31.1. The van der Waals surface area contributed by atoms with E-state index in [1.54, 1.807) is 36.5 Å². The molecule has 2 aliphatic rings. The Bertz CT molecular complexity index is 5140. The molecule has 2 aliphatic heterocycles. The average Bonchev–Trinajstić information content (AvgIpc) is 1.58. The van der Waals surface area contributed by atoms with Crippen molar-refractivity contribution in [3.63, 3.8) is 0 Å². The molecule has 0 fully saturated rings. The molecule has 0 bridgehead atoms. The zero-order valence-corrected chi connectivity index (χ0v) is 77.4. The Morgan fingerprint density at radius 2 is 0.992 bits per heavy atom. The Hall–Kier alpha value is -10.7. The lowest BCUT2D eigenvalue weighted by atomic mass is 9.81. The van der Waals surface area contributed by atoms with Gasteiger partial charge >= 0.3 is 0 Å². The van der Waals surface area contributed by atoms with Gasteiger partial charge in [-0.2, -0.15) is 36.4 Å². The van der Waals surface area contributed by atoms with Crippen LogP contribution in [0.5, 0.6) is 23.1 Å². The number of H-pyrrole nitrogens is 1. The lowest BCUT2D eigenvalue weighted by Crippen LogP contribution is -2.36. The first-order chi connectivity index (χ1) is 63.6. The summed E-state index contributed by atoms with van der Waals surface area (Å²) in [6.07, 6.45) is 10.4. The van der Waals surface area contributed by atoms with Gasteiger partial charge in [-0.05, 0) is 97.5 Å². The van der Waals surface area contributed by atoms with Crippen LogP contribution in [0.25, 0.3) is 11.2 Å². The third-order valence-corrected chi connectivity index (χ3v) is 22.6. The van der Waals surface area contributed by atoms with Crippen molar-refractivity contribution in [1.82, 2.24) is 51.2 Å². The van der Waals surface area contributed by atoms with E-state index >= 15 is 0 Å². The zero-order chi connectivity index (χ0) is 94.6. The Balaban J connectivity index is 0.554. The summed E-state index contributed by atoms with van der Waals surface area (Å²) in [5.41, 5.74) is 23.8. The number of benzene rings is 4. The molecule has 4 aromatic carbocycles. The maximum absolute atomic E-state index is 13.5. The molecule has 9 rings (SSSR count). The SMILES string of the molecule is COc1cc(Cc2cnc(N)nc2N)cc(OC)c1OCCCCC(=O)NCCNC(=O)CCN1/C(=C/C=C/C2=[N+](CCC(=O)NCCOCCOCCOCCOCCOCCOCCOCCOCCOCCOCCOCCOCCC(=O)NCc3ccc(COc4nc(N)nc5nc[nH]c45)cc3)c3ccc(S(=O)(=O)O)cc3C2(C)C)C(C)(C)c2cc(S(=O)(=O)O)ccc21. The van der Waals surface area contributed by atoms with Crippen LogP contribution in [0, 0.1) is 0 Å². The summed E-state index contributed by atoms with van der Waals surface area (Å²) in [5.74, 6) is 1.13. The van der Waals surface area contributed by atoms with Gasteiger partial charge in [0.25, 0.3) is 20.2 Å². The number of rotatable bonds is 67. The molecule has 132 heavy (non-hydrogen) atoms. The van der Waals surface area contributed by atoms with Crippen LogP contribution in [0.2, 0.25) is 0 Å². The number of anilines is 4. The van der Waals surface area contributed by atoms with E-state index in [2.05, 4.69) is 51.2 Å². The molecular formula is C89H126N15O26S2+. The van der Waals surface area contributed by atoms with Crippen LogP contribution in [0.4, 0.5) is 29.1 Å². The summed E-state index contributed by atoms with van der Waals surface area (Å²) in [5, 5.41) is 11.5. The Kier molecular flexibility index (Phi) is 43.8. The van der Waals surface area contributed by atoms with Crippen LogP contribution in [0.3, 0.4) is 0 Å². The van der Waals surface area contributed by atoms with Crippen LogP contribution in [-0.4, -0.2) is 302 Å². The van der Waals surface area contributed by atoms with E-state index in [-0.39, 0.29) is 143 Å². The largest absolute Gasteiger partial charge is 0.493 e. The predicted octanol–water partition coefficient (Wildman–Crippen LogP) is 5.47. The first kappa shape index (κ1) is 105. The van der Waals surface area contributed by atoms with Gasteiger partial charge in [0.05, 0.1) is 207 Å². The lowest BCUT2D eigenvalue weighted by molar-refractivity contribution is -0.436. The number of aromatic amines is 1. The van der Waals surface area contributed by atoms with E-state index < -0.39 is 31.1 Å². The molecule has 3 aromatic heterocycles. The third kappa shape index (κ3) is 34.7. The van der Waals surface area contributed by atoms with Gasteiger partial charge in [0, 0.05) is 105 Å². The molecular weight excluding hydrogens is 1760 g/mol. The number of ether oxygens (including phenoxy) is 16. The lowest BCUT2D eigenvalue weighted by Gasteiger charge is -2.27. The number of carbonyl (C=O) groups excluding carboxylic acids is 4. The van der Waals surface area contributed by atoms with Crippen LogP contribution in [-0.2, 0) is 127 Å². The number of carbonyl (C=O) groups is 4. The normalized spacial score (nSPS) is 13.7. The van der Waals surface area contributed by atoms with Gasteiger partial charge in [-0.1, -0.05) is 44.2 Å². The number of imidazole rings is 1. The highest BCUT2D eigenvalue weighted by atomic mass is 32.2. The summed E-state index contributed by atoms with van der Waals surface area (Å²) in [6.45, 7) is 18.6. The fourth-order valence-electron chi connectivity index (χ4n) is 14.0. The fourth-order valence-corrected chi connectivity index (χ4v) is 15.1.